The molecule has 2 heterocycles. The number of anilines is 1. The number of ether oxygens (including phenoxy) is 1. The topological polar surface area (TPSA) is 37.4 Å². The van der Waals surface area contributed by atoms with Gasteiger partial charge in [-0.15, -0.1) is 0 Å². The van der Waals surface area contributed by atoms with Crippen LogP contribution in [0.3, 0.4) is 0 Å². The highest BCUT2D eigenvalue weighted by molar-refractivity contribution is 6.30. The molecule has 5 heteroatoms. The van der Waals surface area contributed by atoms with Crippen molar-refractivity contribution in [2.24, 2.45) is 0 Å². The molecule has 0 radical (unpaired) electrons. The second kappa shape index (κ2) is 7.86. The van der Waals surface area contributed by atoms with E-state index in [1.807, 2.05) is 24.3 Å². The largest absolute Gasteiger partial charge is 0.481 e. The Morgan fingerprint density at radius 3 is 2.58 bits per heavy atom. The summed E-state index contributed by atoms with van der Waals surface area (Å²) in [7, 11) is 1.65. The Kier molecular flexibility index (Phi) is 5.59. The number of aromatic nitrogens is 1. The van der Waals surface area contributed by atoms with Gasteiger partial charge < -0.3 is 15.0 Å². The highest BCUT2D eigenvalue weighted by Crippen LogP contribution is 2.24. The lowest BCUT2D eigenvalue weighted by Gasteiger charge is -2.35. The number of hydrogen-bond donors (Lipinski definition) is 1. The van der Waals surface area contributed by atoms with Gasteiger partial charge in [0.1, 0.15) is 0 Å². The molecule has 0 spiro atoms. The number of rotatable bonds is 5. The van der Waals surface area contributed by atoms with Crippen LogP contribution in [0.2, 0.25) is 5.02 Å². The monoisotopic (exact) mass is 345 g/mol. The van der Waals surface area contributed by atoms with Crippen LogP contribution in [0.25, 0.3) is 0 Å². The summed E-state index contributed by atoms with van der Waals surface area (Å²) in [4.78, 5) is 6.60. The number of pyridine rings is 1. The van der Waals surface area contributed by atoms with Gasteiger partial charge in [0.15, 0.2) is 0 Å². The fourth-order valence-electron chi connectivity index (χ4n) is 3.21. The summed E-state index contributed by atoms with van der Waals surface area (Å²) in [6.07, 6.45) is 4.07. The summed E-state index contributed by atoms with van der Waals surface area (Å²) < 4.78 is 5.21. The normalized spacial score (nSPS) is 16.9. The van der Waals surface area contributed by atoms with Crippen molar-refractivity contribution in [3.05, 3.63) is 53.2 Å². The molecule has 0 aliphatic carbocycles. The number of nitrogens with zero attached hydrogens (tertiary/aromatic N) is 2. The van der Waals surface area contributed by atoms with E-state index in [1.54, 1.807) is 13.3 Å². The van der Waals surface area contributed by atoms with E-state index in [-0.39, 0.29) is 6.04 Å². The molecule has 0 saturated carbocycles. The van der Waals surface area contributed by atoms with E-state index in [1.165, 1.54) is 11.3 Å². The first-order chi connectivity index (χ1) is 11.7. The SMILES string of the molecule is COc1cc([C@H](C)NC2CCN(c3ccc(Cl)cc3)CC2)ccn1. The first kappa shape index (κ1) is 17.1. The van der Waals surface area contributed by atoms with Gasteiger partial charge in [0, 0.05) is 48.1 Å². The maximum absolute atomic E-state index is 5.97. The molecule has 1 aromatic heterocycles. The molecule has 1 saturated heterocycles. The zero-order chi connectivity index (χ0) is 16.9. The third-order valence-corrected chi connectivity index (χ3v) is 4.89. The molecule has 1 fully saturated rings. The van der Waals surface area contributed by atoms with Gasteiger partial charge in [-0.3, -0.25) is 0 Å². The van der Waals surface area contributed by atoms with Crippen LogP contribution in [0, 0.1) is 0 Å². The molecule has 2 aromatic rings. The highest BCUT2D eigenvalue weighted by atomic mass is 35.5. The minimum absolute atomic E-state index is 0.286. The lowest BCUT2D eigenvalue weighted by atomic mass is 10.0. The third-order valence-electron chi connectivity index (χ3n) is 4.64. The summed E-state index contributed by atoms with van der Waals surface area (Å²) in [6, 6.07) is 13.0. The Morgan fingerprint density at radius 1 is 1.21 bits per heavy atom. The van der Waals surface area contributed by atoms with Crippen LogP contribution in [-0.4, -0.2) is 31.2 Å². The summed E-state index contributed by atoms with van der Waals surface area (Å²) in [6.45, 7) is 4.32. The Hall–Kier alpha value is -1.78. The Balaban J connectivity index is 1.54. The van der Waals surface area contributed by atoms with Crippen molar-refractivity contribution in [3.63, 3.8) is 0 Å². The fraction of sp³-hybridized carbons (Fsp3) is 0.421. The predicted molar refractivity (Wildman–Crippen MR) is 99.0 cm³/mol. The van der Waals surface area contributed by atoms with Crippen molar-refractivity contribution in [1.82, 2.24) is 10.3 Å². The number of halogens is 1. The van der Waals surface area contributed by atoms with E-state index in [2.05, 4.69) is 34.3 Å². The van der Waals surface area contributed by atoms with Crippen molar-refractivity contribution < 1.29 is 4.74 Å². The van der Waals surface area contributed by atoms with Gasteiger partial charge in [0.05, 0.1) is 7.11 Å². The van der Waals surface area contributed by atoms with Gasteiger partial charge in [0.25, 0.3) is 0 Å². The number of benzene rings is 1. The van der Waals surface area contributed by atoms with Gasteiger partial charge in [-0.25, -0.2) is 4.98 Å². The van der Waals surface area contributed by atoms with Crippen molar-refractivity contribution in [1.29, 1.82) is 0 Å². The Labute approximate surface area is 148 Å². The van der Waals surface area contributed by atoms with Crippen molar-refractivity contribution in [2.75, 3.05) is 25.1 Å². The van der Waals surface area contributed by atoms with Gasteiger partial charge in [-0.05, 0) is 55.7 Å². The molecular weight excluding hydrogens is 322 g/mol. The molecule has 1 aliphatic rings. The van der Waals surface area contributed by atoms with Crippen LogP contribution in [0.1, 0.15) is 31.4 Å². The maximum atomic E-state index is 5.97. The zero-order valence-corrected chi connectivity index (χ0v) is 15.0. The molecule has 1 aromatic carbocycles. The van der Waals surface area contributed by atoms with Crippen LogP contribution < -0.4 is 15.0 Å². The molecule has 128 valence electrons. The maximum Gasteiger partial charge on any atom is 0.213 e. The quantitative estimate of drug-likeness (QED) is 0.886. The molecule has 1 aliphatic heterocycles. The minimum atomic E-state index is 0.286. The summed E-state index contributed by atoms with van der Waals surface area (Å²) in [5.74, 6) is 0.665. The molecule has 0 amide bonds. The van der Waals surface area contributed by atoms with Crippen LogP contribution in [-0.2, 0) is 0 Å². The zero-order valence-electron chi connectivity index (χ0n) is 14.2. The van der Waals surface area contributed by atoms with Crippen LogP contribution in [0.4, 0.5) is 5.69 Å². The van der Waals surface area contributed by atoms with Crippen molar-refractivity contribution in [2.45, 2.75) is 31.8 Å². The van der Waals surface area contributed by atoms with Crippen LogP contribution >= 0.6 is 11.6 Å². The first-order valence-electron chi connectivity index (χ1n) is 8.42. The Bertz CT molecular complexity index is 654. The molecule has 24 heavy (non-hydrogen) atoms. The van der Waals surface area contributed by atoms with Gasteiger partial charge in [-0.2, -0.15) is 0 Å². The van der Waals surface area contributed by atoms with Crippen LogP contribution in [0.15, 0.2) is 42.6 Å². The van der Waals surface area contributed by atoms with E-state index in [4.69, 9.17) is 16.3 Å². The predicted octanol–water partition coefficient (Wildman–Crippen LogP) is 4.06. The van der Waals surface area contributed by atoms with Crippen molar-refractivity contribution >= 4 is 17.3 Å². The third kappa shape index (κ3) is 4.19. The number of nitrogens with one attached hydrogen (secondary N) is 1. The second-order valence-electron chi connectivity index (χ2n) is 6.26. The first-order valence-corrected chi connectivity index (χ1v) is 8.80. The van der Waals surface area contributed by atoms with Gasteiger partial charge in [0.2, 0.25) is 5.88 Å². The lowest BCUT2D eigenvalue weighted by Crippen LogP contribution is -2.43. The standard InChI is InChI=1S/C19H24ClN3O/c1-14(15-7-10-21-19(13-15)24-2)22-17-8-11-23(12-9-17)18-5-3-16(20)4-6-18/h3-7,10,13-14,17,22H,8-9,11-12H2,1-2H3/t14-/m0/s1. The minimum Gasteiger partial charge on any atom is -0.481 e. The summed E-state index contributed by atoms with van der Waals surface area (Å²) in [5, 5.41) is 4.53. The molecule has 0 bridgehead atoms. The molecule has 4 nitrogen and oxygen atoms in total. The molecule has 1 atom stereocenters. The van der Waals surface area contributed by atoms with Crippen LogP contribution in [0.5, 0.6) is 5.88 Å². The molecule has 0 unspecified atom stereocenters. The summed E-state index contributed by atoms with van der Waals surface area (Å²) >= 11 is 5.97. The Morgan fingerprint density at radius 2 is 1.92 bits per heavy atom. The average Bonchev–Trinajstić information content (AvgIpc) is 2.63. The van der Waals surface area contributed by atoms with Gasteiger partial charge in [-0.1, -0.05) is 11.6 Å². The van der Waals surface area contributed by atoms with E-state index < -0.39 is 0 Å². The van der Waals surface area contributed by atoms with E-state index in [0.717, 1.165) is 31.0 Å². The van der Waals surface area contributed by atoms with E-state index in [9.17, 15) is 0 Å². The molecule has 1 N–H and O–H groups in total. The average molecular weight is 346 g/mol. The van der Waals surface area contributed by atoms with E-state index >= 15 is 0 Å². The summed E-state index contributed by atoms with van der Waals surface area (Å²) in [5.41, 5.74) is 2.46. The highest BCUT2D eigenvalue weighted by Gasteiger charge is 2.21. The number of hydrogen-bond acceptors (Lipinski definition) is 4. The van der Waals surface area contributed by atoms with Gasteiger partial charge >= 0.3 is 0 Å². The molecule has 3 rings (SSSR count). The molecular formula is C19H24ClN3O. The van der Waals surface area contributed by atoms with Crippen molar-refractivity contribution in [3.8, 4) is 5.88 Å². The number of methoxy groups -OCH3 is 1. The lowest BCUT2D eigenvalue weighted by molar-refractivity contribution is 0.376. The second-order valence-corrected chi connectivity index (χ2v) is 6.69. The fourth-order valence-corrected chi connectivity index (χ4v) is 3.34. The van der Waals surface area contributed by atoms with E-state index in [0.29, 0.717) is 11.9 Å². The smallest absolute Gasteiger partial charge is 0.213 e. The number of piperidine rings is 1.